The smallest absolute Gasteiger partial charge is 0.0545 e. The van der Waals surface area contributed by atoms with Crippen LogP contribution >= 0.6 is 0 Å². The van der Waals surface area contributed by atoms with E-state index in [1.54, 1.807) is 0 Å². The van der Waals surface area contributed by atoms with Gasteiger partial charge in [-0.1, -0.05) is 151 Å². The summed E-state index contributed by atoms with van der Waals surface area (Å²) >= 11 is 0. The number of aryl methyl sites for hydroxylation is 2. The number of fused-ring (bicyclic) bond motifs is 2. The van der Waals surface area contributed by atoms with Crippen LogP contribution in [0.5, 0.6) is 0 Å². The molecular weight excluding hydrogens is 532 g/mol. The van der Waals surface area contributed by atoms with Gasteiger partial charge in [0.05, 0.1) is 11.4 Å². The van der Waals surface area contributed by atoms with Crippen molar-refractivity contribution in [3.8, 4) is 0 Å². The van der Waals surface area contributed by atoms with Crippen molar-refractivity contribution in [2.45, 2.75) is 104 Å². The van der Waals surface area contributed by atoms with E-state index in [1.165, 1.54) is 134 Å². The third kappa shape index (κ3) is 8.65. The quantitative estimate of drug-likeness (QED) is 0.0608. The van der Waals surface area contributed by atoms with Crippen LogP contribution in [0.3, 0.4) is 0 Å². The Labute approximate surface area is 266 Å². The Morgan fingerprint density at radius 1 is 0.364 bits per heavy atom. The van der Waals surface area contributed by atoms with Crippen LogP contribution in [0.1, 0.15) is 102 Å². The summed E-state index contributed by atoms with van der Waals surface area (Å²) in [6.45, 7) is 4.56. The predicted molar refractivity (Wildman–Crippen MR) is 195 cm³/mol. The van der Waals surface area contributed by atoms with Gasteiger partial charge in [0.2, 0.25) is 0 Å². The molecule has 44 heavy (non-hydrogen) atoms. The first-order valence-electron chi connectivity index (χ1n) is 17.4. The molecule has 0 aliphatic heterocycles. The first-order chi connectivity index (χ1) is 21.8. The maximum absolute atomic E-state index is 3.81. The summed E-state index contributed by atoms with van der Waals surface area (Å²) in [4.78, 5) is 0. The molecule has 5 rings (SSSR count). The van der Waals surface area contributed by atoms with Crippen LogP contribution in [0.2, 0.25) is 0 Å². The molecule has 0 saturated carbocycles. The van der Waals surface area contributed by atoms with Gasteiger partial charge in [0.1, 0.15) is 0 Å². The lowest BCUT2D eigenvalue weighted by Gasteiger charge is -2.19. The minimum Gasteiger partial charge on any atom is -0.355 e. The molecule has 0 saturated heterocycles. The summed E-state index contributed by atoms with van der Waals surface area (Å²) in [5.74, 6) is 0. The lowest BCUT2D eigenvalue weighted by atomic mass is 9.97. The van der Waals surface area contributed by atoms with Gasteiger partial charge in [-0.25, -0.2) is 0 Å². The van der Waals surface area contributed by atoms with Crippen LogP contribution in [0.15, 0.2) is 97.1 Å². The third-order valence-electron chi connectivity index (χ3n) is 9.02. The predicted octanol–water partition coefficient (Wildman–Crippen LogP) is 13.3. The summed E-state index contributed by atoms with van der Waals surface area (Å²) in [6.07, 6.45) is 18.4. The van der Waals surface area contributed by atoms with E-state index in [1.807, 2.05) is 0 Å². The molecule has 5 aromatic rings. The van der Waals surface area contributed by atoms with Crippen molar-refractivity contribution in [1.82, 2.24) is 0 Å². The van der Waals surface area contributed by atoms with Gasteiger partial charge < -0.3 is 10.6 Å². The Morgan fingerprint density at radius 2 is 0.682 bits per heavy atom. The van der Waals surface area contributed by atoms with Gasteiger partial charge in [-0.05, 0) is 61.1 Å². The van der Waals surface area contributed by atoms with Gasteiger partial charge in [0.15, 0.2) is 0 Å². The van der Waals surface area contributed by atoms with Crippen LogP contribution in [0.4, 0.5) is 22.7 Å². The Balaban J connectivity index is 1.31. The third-order valence-corrected chi connectivity index (χ3v) is 9.02. The summed E-state index contributed by atoms with van der Waals surface area (Å²) in [6, 6.07) is 35.7. The molecule has 0 aromatic heterocycles. The Kier molecular flexibility index (Phi) is 12.2. The number of anilines is 4. The van der Waals surface area contributed by atoms with E-state index in [9.17, 15) is 0 Å². The highest BCUT2D eigenvalue weighted by molar-refractivity contribution is 6.20. The molecule has 230 valence electrons. The number of unbranched alkanes of at least 4 members (excludes halogenated alkanes) is 10. The van der Waals surface area contributed by atoms with Crippen molar-refractivity contribution in [2.75, 3.05) is 10.6 Å². The van der Waals surface area contributed by atoms with Crippen molar-refractivity contribution >= 4 is 44.3 Å². The molecule has 0 radical (unpaired) electrons. The second kappa shape index (κ2) is 16.9. The van der Waals surface area contributed by atoms with Crippen LogP contribution in [0, 0.1) is 0 Å². The lowest BCUT2D eigenvalue weighted by Crippen LogP contribution is -1.99. The zero-order valence-electron chi connectivity index (χ0n) is 27.1. The molecule has 0 spiro atoms. The topological polar surface area (TPSA) is 24.1 Å². The van der Waals surface area contributed by atoms with E-state index < -0.39 is 0 Å². The van der Waals surface area contributed by atoms with Gasteiger partial charge in [-0.3, -0.25) is 0 Å². The standard InChI is InChI=1S/C42H52N2/c1-3-5-7-9-11-13-19-33-25-29-35(30-26-33)43-41-37-21-15-17-23-39(37)42(40-24-18-16-22-38(40)41)44-36-31-27-34(28-32-36)20-14-12-10-8-6-4-2/h15-18,21-32,43-44H,3-14,19-20H2,1-2H3. The Morgan fingerprint density at radius 3 is 1.02 bits per heavy atom. The molecule has 5 aromatic carbocycles. The zero-order valence-corrected chi connectivity index (χ0v) is 27.1. The van der Waals surface area contributed by atoms with Crippen LogP contribution in [0.25, 0.3) is 21.5 Å². The minimum atomic E-state index is 1.13. The van der Waals surface area contributed by atoms with E-state index >= 15 is 0 Å². The Hall–Kier alpha value is -3.78. The first-order valence-corrected chi connectivity index (χ1v) is 17.4. The highest BCUT2D eigenvalue weighted by Gasteiger charge is 2.14. The summed E-state index contributed by atoms with van der Waals surface area (Å²) in [7, 11) is 0. The average Bonchev–Trinajstić information content (AvgIpc) is 3.07. The molecule has 0 bridgehead atoms. The molecular formula is C42H52N2. The van der Waals surface area contributed by atoms with E-state index in [0.717, 1.165) is 11.4 Å². The molecule has 0 heterocycles. The van der Waals surface area contributed by atoms with Crippen LogP contribution in [-0.4, -0.2) is 0 Å². The number of hydrogen-bond donors (Lipinski definition) is 2. The second-order valence-electron chi connectivity index (χ2n) is 12.5. The van der Waals surface area contributed by atoms with Crippen LogP contribution in [-0.2, 0) is 12.8 Å². The number of hydrogen-bond acceptors (Lipinski definition) is 2. The van der Waals surface area contributed by atoms with E-state index in [2.05, 4.69) is 122 Å². The van der Waals surface area contributed by atoms with Gasteiger partial charge >= 0.3 is 0 Å². The minimum absolute atomic E-state index is 1.13. The molecule has 2 nitrogen and oxygen atoms in total. The summed E-state index contributed by atoms with van der Waals surface area (Å²) in [5.41, 5.74) is 7.46. The maximum Gasteiger partial charge on any atom is 0.0545 e. The van der Waals surface area contributed by atoms with Crippen molar-refractivity contribution in [1.29, 1.82) is 0 Å². The second-order valence-corrected chi connectivity index (χ2v) is 12.5. The molecule has 0 amide bonds. The van der Waals surface area contributed by atoms with Crippen molar-refractivity contribution in [2.24, 2.45) is 0 Å². The molecule has 0 fully saturated rings. The normalized spacial score (nSPS) is 11.3. The molecule has 2 N–H and O–H groups in total. The summed E-state index contributed by atoms with van der Waals surface area (Å²) < 4.78 is 0. The van der Waals surface area contributed by atoms with E-state index in [4.69, 9.17) is 0 Å². The molecule has 2 heteroatoms. The van der Waals surface area contributed by atoms with Gasteiger partial charge in [0, 0.05) is 32.9 Å². The van der Waals surface area contributed by atoms with Crippen molar-refractivity contribution in [3.63, 3.8) is 0 Å². The fourth-order valence-corrected chi connectivity index (χ4v) is 6.41. The molecule has 0 aliphatic rings. The van der Waals surface area contributed by atoms with Crippen LogP contribution < -0.4 is 10.6 Å². The lowest BCUT2D eigenvalue weighted by molar-refractivity contribution is 0.607. The fourth-order valence-electron chi connectivity index (χ4n) is 6.41. The van der Waals surface area contributed by atoms with Gasteiger partial charge in [-0.2, -0.15) is 0 Å². The van der Waals surface area contributed by atoms with E-state index in [0.29, 0.717) is 0 Å². The molecule has 0 unspecified atom stereocenters. The zero-order chi connectivity index (χ0) is 30.4. The monoisotopic (exact) mass is 584 g/mol. The number of nitrogens with one attached hydrogen (secondary N) is 2. The number of rotatable bonds is 18. The van der Waals surface area contributed by atoms with Crippen molar-refractivity contribution < 1.29 is 0 Å². The molecule has 0 atom stereocenters. The largest absolute Gasteiger partial charge is 0.355 e. The Bertz CT molecular complexity index is 1390. The molecule has 0 aliphatic carbocycles. The van der Waals surface area contributed by atoms with Gasteiger partial charge in [-0.15, -0.1) is 0 Å². The van der Waals surface area contributed by atoms with E-state index in [-0.39, 0.29) is 0 Å². The average molecular weight is 585 g/mol. The first kappa shape index (κ1) is 31.6. The van der Waals surface area contributed by atoms with Gasteiger partial charge in [0.25, 0.3) is 0 Å². The summed E-state index contributed by atoms with van der Waals surface area (Å²) in [5, 5.41) is 12.5. The number of benzene rings is 5. The van der Waals surface area contributed by atoms with Crippen molar-refractivity contribution in [3.05, 3.63) is 108 Å². The SMILES string of the molecule is CCCCCCCCc1ccc(Nc2c3ccccc3c(Nc3ccc(CCCCCCCC)cc3)c3ccccc23)cc1. The highest BCUT2D eigenvalue weighted by atomic mass is 14.9. The highest BCUT2D eigenvalue weighted by Crippen LogP contribution is 2.42. The fraction of sp³-hybridized carbons (Fsp3) is 0.381. The maximum atomic E-state index is 3.81.